The number of carbonyl (C=O) groups is 1. The molecule has 1 amide bonds. The number of rotatable bonds is 6. The molecule has 1 aromatic carbocycles. The van der Waals surface area contributed by atoms with Crippen LogP contribution in [-0.2, 0) is 11.2 Å². The van der Waals surface area contributed by atoms with Crippen molar-refractivity contribution in [3.8, 4) is 6.07 Å². The van der Waals surface area contributed by atoms with Crippen LogP contribution in [0.25, 0.3) is 0 Å². The van der Waals surface area contributed by atoms with E-state index in [4.69, 9.17) is 16.9 Å². The number of carbonyl (C=O) groups excluding carboxylic acids is 1. The van der Waals surface area contributed by atoms with Crippen LogP contribution in [0.2, 0.25) is 5.02 Å². The van der Waals surface area contributed by atoms with E-state index < -0.39 is 5.82 Å². The Hall–Kier alpha value is -1.60. The van der Waals surface area contributed by atoms with Crippen LogP contribution in [-0.4, -0.2) is 23.9 Å². The lowest BCUT2D eigenvalue weighted by atomic mass is 10.1. The Morgan fingerprint density at radius 1 is 1.50 bits per heavy atom. The second-order valence-corrected chi connectivity index (χ2v) is 5.43. The highest BCUT2D eigenvalue weighted by Gasteiger charge is 2.18. The van der Waals surface area contributed by atoms with Crippen LogP contribution in [0.1, 0.15) is 25.8 Å². The van der Waals surface area contributed by atoms with Crippen molar-refractivity contribution >= 4 is 17.5 Å². The van der Waals surface area contributed by atoms with E-state index in [-0.39, 0.29) is 35.3 Å². The number of amides is 1. The molecule has 1 rings (SSSR count). The molecule has 0 N–H and O–H groups in total. The maximum Gasteiger partial charge on any atom is 0.227 e. The monoisotopic (exact) mass is 296 g/mol. The van der Waals surface area contributed by atoms with Gasteiger partial charge in [0.25, 0.3) is 0 Å². The Labute approximate surface area is 123 Å². The molecule has 0 aliphatic rings. The molecule has 0 unspecified atom stereocenters. The predicted octanol–water partition coefficient (Wildman–Crippen LogP) is 3.42. The number of nitriles is 1. The van der Waals surface area contributed by atoms with Gasteiger partial charge in [0, 0.05) is 23.7 Å². The number of halogens is 2. The fourth-order valence-corrected chi connectivity index (χ4v) is 2.14. The highest BCUT2D eigenvalue weighted by Crippen LogP contribution is 2.20. The third-order valence-corrected chi connectivity index (χ3v) is 3.18. The molecule has 0 bridgehead atoms. The molecule has 0 heterocycles. The number of nitrogens with zero attached hydrogens (tertiary/aromatic N) is 2. The molecule has 0 fully saturated rings. The maximum absolute atomic E-state index is 13.7. The van der Waals surface area contributed by atoms with E-state index in [1.54, 1.807) is 11.0 Å². The summed E-state index contributed by atoms with van der Waals surface area (Å²) >= 11 is 5.93. The Bertz CT molecular complexity index is 491. The maximum atomic E-state index is 13.7. The molecule has 5 heteroatoms. The van der Waals surface area contributed by atoms with Gasteiger partial charge < -0.3 is 4.90 Å². The van der Waals surface area contributed by atoms with Crippen LogP contribution in [0.3, 0.4) is 0 Å². The quantitative estimate of drug-likeness (QED) is 0.807. The molecule has 20 heavy (non-hydrogen) atoms. The molecule has 1 aromatic rings. The van der Waals surface area contributed by atoms with Gasteiger partial charge in [0.05, 0.1) is 18.9 Å². The molecule has 0 atom stereocenters. The summed E-state index contributed by atoms with van der Waals surface area (Å²) in [7, 11) is 0. The van der Waals surface area contributed by atoms with Crippen LogP contribution in [0.4, 0.5) is 4.39 Å². The first-order chi connectivity index (χ1) is 9.45. The van der Waals surface area contributed by atoms with Crippen LogP contribution < -0.4 is 0 Å². The van der Waals surface area contributed by atoms with Crippen molar-refractivity contribution in [2.75, 3.05) is 13.1 Å². The van der Waals surface area contributed by atoms with Gasteiger partial charge in [-0.15, -0.1) is 0 Å². The summed E-state index contributed by atoms with van der Waals surface area (Å²) in [6.07, 6.45) is 0.188. The smallest absolute Gasteiger partial charge is 0.227 e. The molecule has 0 saturated carbocycles. The molecular formula is C15H18ClFN2O. The normalized spacial score (nSPS) is 10.4. The highest BCUT2D eigenvalue weighted by molar-refractivity contribution is 6.31. The van der Waals surface area contributed by atoms with E-state index in [2.05, 4.69) is 0 Å². The summed E-state index contributed by atoms with van der Waals surface area (Å²) < 4.78 is 13.7. The Kier molecular flexibility index (Phi) is 6.47. The lowest BCUT2D eigenvalue weighted by molar-refractivity contribution is -0.131. The van der Waals surface area contributed by atoms with Crippen LogP contribution in [0.5, 0.6) is 0 Å². The van der Waals surface area contributed by atoms with Crippen molar-refractivity contribution in [1.29, 1.82) is 5.26 Å². The van der Waals surface area contributed by atoms with Gasteiger partial charge in [0.2, 0.25) is 5.91 Å². The Balaban J connectivity index is 2.82. The Morgan fingerprint density at radius 2 is 2.20 bits per heavy atom. The molecule has 0 radical (unpaired) electrons. The SMILES string of the molecule is CC(C)CN(CCC#N)C(=O)Cc1c(F)cccc1Cl. The summed E-state index contributed by atoms with van der Waals surface area (Å²) in [6, 6.07) is 6.38. The predicted molar refractivity (Wildman–Crippen MR) is 76.8 cm³/mol. The van der Waals surface area contributed by atoms with Crippen molar-refractivity contribution in [2.24, 2.45) is 5.92 Å². The molecule has 0 spiro atoms. The Morgan fingerprint density at radius 3 is 2.75 bits per heavy atom. The zero-order valence-electron chi connectivity index (χ0n) is 11.7. The lowest BCUT2D eigenvalue weighted by Crippen LogP contribution is -2.36. The zero-order valence-corrected chi connectivity index (χ0v) is 12.5. The second kappa shape index (κ2) is 7.86. The first-order valence-corrected chi connectivity index (χ1v) is 6.91. The molecule has 0 aliphatic carbocycles. The van der Waals surface area contributed by atoms with Gasteiger partial charge >= 0.3 is 0 Å². The average molecular weight is 297 g/mol. The van der Waals surface area contributed by atoms with Gasteiger partial charge in [-0.1, -0.05) is 31.5 Å². The van der Waals surface area contributed by atoms with E-state index in [9.17, 15) is 9.18 Å². The van der Waals surface area contributed by atoms with Gasteiger partial charge in [-0.2, -0.15) is 5.26 Å². The average Bonchev–Trinajstić information content (AvgIpc) is 2.38. The number of hydrogen-bond acceptors (Lipinski definition) is 2. The first kappa shape index (κ1) is 16.5. The van der Waals surface area contributed by atoms with E-state index >= 15 is 0 Å². The van der Waals surface area contributed by atoms with Gasteiger partial charge in [0.15, 0.2) is 0 Å². The van der Waals surface area contributed by atoms with Gasteiger partial charge in [-0.25, -0.2) is 4.39 Å². The van der Waals surface area contributed by atoms with Crippen molar-refractivity contribution in [3.63, 3.8) is 0 Å². The minimum Gasteiger partial charge on any atom is -0.341 e. The minimum atomic E-state index is -0.476. The highest BCUT2D eigenvalue weighted by atomic mass is 35.5. The van der Waals surface area contributed by atoms with Crippen molar-refractivity contribution in [1.82, 2.24) is 4.90 Å². The lowest BCUT2D eigenvalue weighted by Gasteiger charge is -2.24. The molecular weight excluding hydrogens is 279 g/mol. The zero-order chi connectivity index (χ0) is 15.1. The summed E-state index contributed by atoms with van der Waals surface area (Å²) in [6.45, 7) is 4.89. The summed E-state index contributed by atoms with van der Waals surface area (Å²) in [5.74, 6) is -0.398. The minimum absolute atomic E-state index is 0.0797. The van der Waals surface area contributed by atoms with E-state index in [1.165, 1.54) is 12.1 Å². The van der Waals surface area contributed by atoms with Crippen LogP contribution in [0.15, 0.2) is 18.2 Å². The number of hydrogen-bond donors (Lipinski definition) is 0. The van der Waals surface area contributed by atoms with Crippen molar-refractivity contribution in [3.05, 3.63) is 34.6 Å². The first-order valence-electron chi connectivity index (χ1n) is 6.53. The summed E-state index contributed by atoms with van der Waals surface area (Å²) in [4.78, 5) is 13.8. The van der Waals surface area contributed by atoms with E-state index in [0.29, 0.717) is 13.1 Å². The van der Waals surface area contributed by atoms with E-state index in [1.807, 2.05) is 19.9 Å². The summed E-state index contributed by atoms with van der Waals surface area (Å²) in [5.41, 5.74) is 0.213. The third kappa shape index (κ3) is 4.82. The van der Waals surface area contributed by atoms with E-state index in [0.717, 1.165) is 0 Å². The van der Waals surface area contributed by atoms with Gasteiger partial charge in [-0.05, 0) is 18.1 Å². The van der Waals surface area contributed by atoms with Gasteiger partial charge in [-0.3, -0.25) is 4.79 Å². The number of benzene rings is 1. The van der Waals surface area contributed by atoms with Crippen LogP contribution in [0, 0.1) is 23.1 Å². The fourth-order valence-electron chi connectivity index (χ4n) is 1.91. The van der Waals surface area contributed by atoms with Crippen molar-refractivity contribution < 1.29 is 9.18 Å². The van der Waals surface area contributed by atoms with Crippen molar-refractivity contribution in [2.45, 2.75) is 26.7 Å². The second-order valence-electron chi connectivity index (χ2n) is 5.02. The topological polar surface area (TPSA) is 44.1 Å². The van der Waals surface area contributed by atoms with Gasteiger partial charge in [0.1, 0.15) is 5.82 Å². The fraction of sp³-hybridized carbons (Fsp3) is 0.467. The molecule has 0 saturated heterocycles. The molecule has 0 aromatic heterocycles. The standard InChI is InChI=1S/C15H18ClFN2O/c1-11(2)10-19(8-4-7-18)15(20)9-12-13(16)5-3-6-14(12)17/h3,5-6,11H,4,8-10H2,1-2H3. The molecule has 0 aliphatic heterocycles. The third-order valence-electron chi connectivity index (χ3n) is 2.82. The molecule has 108 valence electrons. The molecule has 3 nitrogen and oxygen atoms in total. The summed E-state index contributed by atoms with van der Waals surface area (Å²) in [5, 5.41) is 8.89. The largest absolute Gasteiger partial charge is 0.341 e. The van der Waals surface area contributed by atoms with Crippen LogP contribution >= 0.6 is 11.6 Å².